The highest BCUT2D eigenvalue weighted by molar-refractivity contribution is 8.18. The van der Waals surface area contributed by atoms with E-state index in [2.05, 4.69) is 10.3 Å². The molecule has 3 aromatic rings. The molecular weight excluding hydrogens is 460 g/mol. The fourth-order valence-corrected chi connectivity index (χ4v) is 4.02. The summed E-state index contributed by atoms with van der Waals surface area (Å²) in [6.45, 7) is 0.424. The first-order valence-corrected chi connectivity index (χ1v) is 11.2. The zero-order chi connectivity index (χ0) is 23.2. The van der Waals surface area contributed by atoms with Crippen LogP contribution in [0.3, 0.4) is 0 Å². The van der Waals surface area contributed by atoms with Gasteiger partial charge in [-0.1, -0.05) is 35.9 Å². The van der Waals surface area contributed by atoms with E-state index in [-0.39, 0.29) is 5.91 Å². The molecule has 1 N–H and O–H groups in total. The Hall–Kier alpha value is -3.42. The normalized spacial score (nSPS) is 15.5. The van der Waals surface area contributed by atoms with Crippen LogP contribution >= 0.6 is 23.4 Å². The lowest BCUT2D eigenvalue weighted by molar-refractivity contribution is -0.115. The third kappa shape index (κ3) is 5.88. The molecule has 1 aliphatic heterocycles. The molecule has 6 nitrogen and oxygen atoms in total. The number of benzene rings is 3. The predicted molar refractivity (Wildman–Crippen MR) is 133 cm³/mol. The van der Waals surface area contributed by atoms with Gasteiger partial charge in [0, 0.05) is 11.1 Å². The molecule has 0 spiro atoms. The molecule has 1 heterocycles. The summed E-state index contributed by atoms with van der Waals surface area (Å²) in [6, 6.07) is 20.4. The molecule has 0 unspecified atom stereocenters. The summed E-state index contributed by atoms with van der Waals surface area (Å²) in [5.41, 5.74) is 2.47. The number of rotatable bonds is 7. The highest BCUT2D eigenvalue weighted by Gasteiger charge is 2.24. The van der Waals surface area contributed by atoms with Gasteiger partial charge in [-0.2, -0.15) is 0 Å². The lowest BCUT2D eigenvalue weighted by Gasteiger charge is -2.07. The molecule has 0 aromatic heterocycles. The van der Waals surface area contributed by atoms with Gasteiger partial charge < -0.3 is 19.5 Å². The van der Waals surface area contributed by atoms with Crippen LogP contribution in [0.5, 0.6) is 17.2 Å². The van der Waals surface area contributed by atoms with Crippen LogP contribution in [0.15, 0.2) is 76.6 Å². The van der Waals surface area contributed by atoms with Crippen molar-refractivity contribution in [3.63, 3.8) is 0 Å². The first-order chi connectivity index (χ1) is 16.0. The number of aliphatic imine (C=N–C) groups is 1. The predicted octanol–water partition coefficient (Wildman–Crippen LogP) is 5.83. The smallest absolute Gasteiger partial charge is 0.264 e. The average Bonchev–Trinajstić information content (AvgIpc) is 3.17. The molecule has 0 aliphatic carbocycles. The van der Waals surface area contributed by atoms with E-state index >= 15 is 0 Å². The summed E-state index contributed by atoms with van der Waals surface area (Å²) in [5.74, 6) is 1.72. The number of hydrogen-bond donors (Lipinski definition) is 1. The maximum absolute atomic E-state index is 12.5. The highest BCUT2D eigenvalue weighted by atomic mass is 35.5. The van der Waals surface area contributed by atoms with Crippen molar-refractivity contribution in [1.82, 2.24) is 5.32 Å². The van der Waals surface area contributed by atoms with E-state index < -0.39 is 0 Å². The molecule has 0 saturated carbocycles. The second kappa shape index (κ2) is 10.5. The van der Waals surface area contributed by atoms with Crippen LogP contribution in [-0.2, 0) is 11.4 Å². The van der Waals surface area contributed by atoms with Crippen LogP contribution in [0.4, 0.5) is 5.69 Å². The van der Waals surface area contributed by atoms with Gasteiger partial charge in [-0.25, -0.2) is 4.99 Å². The van der Waals surface area contributed by atoms with Crippen LogP contribution in [0.1, 0.15) is 11.1 Å². The largest absolute Gasteiger partial charge is 0.497 e. The maximum atomic E-state index is 12.5. The second-order valence-electron chi connectivity index (χ2n) is 7.01. The van der Waals surface area contributed by atoms with Crippen molar-refractivity contribution in [2.24, 2.45) is 4.99 Å². The number of methoxy groups -OCH3 is 2. The van der Waals surface area contributed by atoms with Gasteiger partial charge in [-0.05, 0) is 65.4 Å². The van der Waals surface area contributed by atoms with Crippen molar-refractivity contribution in [2.45, 2.75) is 6.61 Å². The fraction of sp³-hybridized carbons (Fsp3) is 0.120. The summed E-state index contributed by atoms with van der Waals surface area (Å²) < 4.78 is 16.5. The van der Waals surface area contributed by atoms with Gasteiger partial charge in [0.05, 0.1) is 19.1 Å². The Morgan fingerprint density at radius 3 is 2.58 bits per heavy atom. The third-order valence-corrected chi connectivity index (χ3v) is 5.90. The van der Waals surface area contributed by atoms with Crippen LogP contribution in [0, 0.1) is 0 Å². The van der Waals surface area contributed by atoms with E-state index in [0.29, 0.717) is 44.6 Å². The standard InChI is InChI=1S/C25H21ClN2O4S/c1-30-19-10-11-21(22(14-19)31-2)27-25-28-24(29)23(33-25)13-17-4-3-5-20(12-17)32-15-16-6-8-18(26)9-7-16/h3-14H,15H2,1-2H3,(H,27,28,29). The quantitative estimate of drug-likeness (QED) is 0.431. The Labute approximate surface area is 201 Å². The first kappa shape index (κ1) is 22.8. The number of amides is 1. The molecule has 0 radical (unpaired) electrons. The minimum Gasteiger partial charge on any atom is -0.497 e. The van der Waals surface area contributed by atoms with E-state index in [9.17, 15) is 4.79 Å². The summed E-state index contributed by atoms with van der Waals surface area (Å²) in [6.07, 6.45) is 1.81. The molecule has 1 saturated heterocycles. The molecular formula is C25H21ClN2O4S. The second-order valence-corrected chi connectivity index (χ2v) is 8.47. The van der Waals surface area contributed by atoms with Crippen LogP contribution in [-0.4, -0.2) is 25.3 Å². The van der Waals surface area contributed by atoms with Crippen LogP contribution < -0.4 is 19.5 Å². The topological polar surface area (TPSA) is 69.2 Å². The first-order valence-electron chi connectivity index (χ1n) is 10.0. The Morgan fingerprint density at radius 2 is 1.82 bits per heavy atom. The summed E-state index contributed by atoms with van der Waals surface area (Å²) in [5, 5.41) is 3.96. The number of carbonyl (C=O) groups excluding carboxylic acids is 1. The van der Waals surface area contributed by atoms with Crippen LogP contribution in [0.2, 0.25) is 5.02 Å². The molecule has 33 heavy (non-hydrogen) atoms. The van der Waals surface area contributed by atoms with Crippen molar-refractivity contribution >= 4 is 46.2 Å². The van der Waals surface area contributed by atoms with Gasteiger partial charge in [0.25, 0.3) is 5.91 Å². The summed E-state index contributed by atoms with van der Waals surface area (Å²) in [4.78, 5) is 17.5. The van der Waals surface area contributed by atoms with Crippen molar-refractivity contribution in [1.29, 1.82) is 0 Å². The number of hydrogen-bond acceptors (Lipinski definition) is 6. The van der Waals surface area contributed by atoms with Crippen molar-refractivity contribution < 1.29 is 19.0 Å². The lowest BCUT2D eigenvalue weighted by Crippen LogP contribution is -2.19. The minimum absolute atomic E-state index is 0.210. The summed E-state index contributed by atoms with van der Waals surface area (Å²) in [7, 11) is 3.15. The van der Waals surface area contributed by atoms with Gasteiger partial charge in [0.1, 0.15) is 29.5 Å². The van der Waals surface area contributed by atoms with Gasteiger partial charge in [-0.15, -0.1) is 0 Å². The molecule has 8 heteroatoms. The molecule has 0 atom stereocenters. The Balaban J connectivity index is 1.47. The SMILES string of the molecule is COc1ccc(N=C2NC(=O)C(=Cc3cccc(OCc4ccc(Cl)cc4)c3)S2)c(OC)c1. The average molecular weight is 481 g/mol. The van der Waals surface area contributed by atoms with E-state index in [1.165, 1.54) is 11.8 Å². The Morgan fingerprint density at radius 1 is 1.00 bits per heavy atom. The zero-order valence-corrected chi connectivity index (χ0v) is 19.6. The van der Waals surface area contributed by atoms with E-state index in [1.807, 2.05) is 54.6 Å². The van der Waals surface area contributed by atoms with E-state index in [0.717, 1.165) is 11.1 Å². The number of thioether (sulfide) groups is 1. The number of nitrogens with zero attached hydrogens (tertiary/aromatic N) is 1. The summed E-state index contributed by atoms with van der Waals surface area (Å²) >= 11 is 7.19. The number of halogens is 1. The number of ether oxygens (including phenoxy) is 3. The van der Waals surface area contributed by atoms with Gasteiger partial charge in [-0.3, -0.25) is 4.79 Å². The monoisotopic (exact) mass is 480 g/mol. The molecule has 168 valence electrons. The number of carbonyl (C=O) groups is 1. The molecule has 4 rings (SSSR count). The molecule has 1 aliphatic rings. The van der Waals surface area contributed by atoms with E-state index in [1.54, 1.807) is 32.4 Å². The highest BCUT2D eigenvalue weighted by Crippen LogP contribution is 2.34. The Kier molecular flexibility index (Phi) is 7.22. The van der Waals surface area contributed by atoms with Gasteiger partial charge in [0.15, 0.2) is 5.17 Å². The van der Waals surface area contributed by atoms with Crippen molar-refractivity contribution in [3.05, 3.63) is 87.8 Å². The fourth-order valence-electron chi connectivity index (χ4n) is 3.06. The zero-order valence-electron chi connectivity index (χ0n) is 18.0. The van der Waals surface area contributed by atoms with Crippen LogP contribution in [0.25, 0.3) is 6.08 Å². The van der Waals surface area contributed by atoms with E-state index in [4.69, 9.17) is 25.8 Å². The third-order valence-electron chi connectivity index (χ3n) is 4.73. The molecule has 1 amide bonds. The molecule has 3 aromatic carbocycles. The minimum atomic E-state index is -0.210. The van der Waals surface area contributed by atoms with Gasteiger partial charge >= 0.3 is 0 Å². The number of amidine groups is 1. The molecule has 0 bridgehead atoms. The van der Waals surface area contributed by atoms with Gasteiger partial charge in [0.2, 0.25) is 0 Å². The van der Waals surface area contributed by atoms with Crippen molar-refractivity contribution in [2.75, 3.05) is 14.2 Å². The number of nitrogens with one attached hydrogen (secondary N) is 1. The lowest BCUT2D eigenvalue weighted by atomic mass is 10.2. The maximum Gasteiger partial charge on any atom is 0.264 e. The van der Waals surface area contributed by atoms with Crippen molar-refractivity contribution in [3.8, 4) is 17.2 Å². The molecule has 1 fully saturated rings. The Bertz CT molecular complexity index is 1230.